The van der Waals surface area contributed by atoms with Crippen LogP contribution in [0.4, 0.5) is 0 Å². The lowest BCUT2D eigenvalue weighted by atomic mass is 9.47. The summed E-state index contributed by atoms with van der Waals surface area (Å²) in [5, 5.41) is 0. The van der Waals surface area contributed by atoms with Gasteiger partial charge in [-0.05, 0) is 97.7 Å². The first-order valence-corrected chi connectivity index (χ1v) is 15.6. The molecule has 0 radical (unpaired) electrons. The minimum absolute atomic E-state index is 0.0710. The number of hydrogen-bond donors (Lipinski definition) is 0. The smallest absolute Gasteiger partial charge is 0.319 e. The van der Waals surface area contributed by atoms with Gasteiger partial charge in [-0.2, -0.15) is 0 Å². The number of fused-ring (bicyclic) bond motifs is 5. The van der Waals surface area contributed by atoms with Gasteiger partial charge in [0.25, 0.3) is 0 Å². The molecule has 4 aliphatic carbocycles. The fraction of sp³-hybridized carbons (Fsp3) is 0.903. The molecule has 0 amide bonds. The molecule has 2 nitrogen and oxygen atoms in total. The van der Waals surface area contributed by atoms with Crippen molar-refractivity contribution in [2.24, 2.45) is 46.3 Å². The van der Waals surface area contributed by atoms with Crippen molar-refractivity contribution in [3.8, 4) is 0 Å². The van der Waals surface area contributed by atoms with E-state index in [0.717, 1.165) is 54.8 Å². The Morgan fingerprint density at radius 3 is 2.56 bits per heavy atom. The molecule has 0 heterocycles. The third-order valence-corrected chi connectivity index (χ3v) is 12.2. The molecule has 9 atom stereocenters. The molecular formula is C31H51BrO2. The monoisotopic (exact) mass is 534 g/mol. The second-order valence-corrected chi connectivity index (χ2v) is 14.6. The highest BCUT2D eigenvalue weighted by atomic mass is 79.9. The first kappa shape index (κ1) is 26.7. The van der Waals surface area contributed by atoms with Crippen LogP contribution in [0.1, 0.15) is 119 Å². The lowest BCUT2D eigenvalue weighted by Gasteiger charge is -2.58. The Balaban J connectivity index is 1.43. The molecule has 0 saturated heterocycles. The molecule has 194 valence electrons. The third kappa shape index (κ3) is 4.95. The zero-order chi connectivity index (χ0) is 24.7. The molecular weight excluding hydrogens is 484 g/mol. The van der Waals surface area contributed by atoms with Gasteiger partial charge in [0.05, 0.1) is 0 Å². The second-order valence-electron chi connectivity index (χ2n) is 13.5. The van der Waals surface area contributed by atoms with Gasteiger partial charge >= 0.3 is 5.97 Å². The number of hydrogen-bond acceptors (Lipinski definition) is 2. The van der Waals surface area contributed by atoms with Crippen LogP contribution in [0, 0.1) is 46.3 Å². The van der Waals surface area contributed by atoms with Crippen LogP contribution in [0.5, 0.6) is 0 Å². The van der Waals surface area contributed by atoms with Crippen LogP contribution in [-0.4, -0.2) is 16.9 Å². The largest absolute Gasteiger partial charge is 0.461 e. The van der Waals surface area contributed by atoms with Crippen LogP contribution in [0.3, 0.4) is 0 Å². The molecule has 0 spiro atoms. The van der Waals surface area contributed by atoms with Crippen LogP contribution in [0.25, 0.3) is 0 Å². The van der Waals surface area contributed by atoms with Crippen molar-refractivity contribution in [1.82, 2.24) is 0 Å². The normalized spacial score (nSPS) is 41.2. The summed E-state index contributed by atoms with van der Waals surface area (Å²) in [4.78, 5) is 12.2. The van der Waals surface area contributed by atoms with Crippen molar-refractivity contribution in [2.75, 3.05) is 0 Å². The molecule has 0 unspecified atom stereocenters. The molecule has 0 N–H and O–H groups in total. The Kier molecular flexibility index (Phi) is 8.33. The molecule has 4 aliphatic rings. The van der Waals surface area contributed by atoms with Gasteiger partial charge in [0, 0.05) is 6.42 Å². The van der Waals surface area contributed by atoms with Crippen molar-refractivity contribution in [2.45, 2.75) is 130 Å². The fourth-order valence-electron chi connectivity index (χ4n) is 9.16. The van der Waals surface area contributed by atoms with E-state index in [1.807, 2.05) is 6.92 Å². The van der Waals surface area contributed by atoms with Gasteiger partial charge in [-0.1, -0.05) is 88.4 Å². The predicted octanol–water partition coefficient (Wildman–Crippen LogP) is 9.11. The van der Waals surface area contributed by atoms with Gasteiger partial charge in [0.1, 0.15) is 10.9 Å². The van der Waals surface area contributed by atoms with E-state index in [0.29, 0.717) is 10.8 Å². The number of rotatable bonds is 8. The highest BCUT2D eigenvalue weighted by Crippen LogP contribution is 2.67. The van der Waals surface area contributed by atoms with Gasteiger partial charge in [0.15, 0.2) is 0 Å². The SMILES string of the molecule is CC[C@H](Br)C(=O)O[C@@H]1CC[C@@]2(C)C(=CC[C@H]3[C@@H]4CC[C@H]([C@@H](C)CCCC(C)C)[C@@]4(C)CC[C@@H]32)C1. The standard InChI is InChI=1S/C31H51BrO2/c1-7-28(32)29(33)34-23-15-17-30(5)22(19-23)11-12-24-26-14-13-25(21(4)10-8-9-20(2)3)31(26,6)18-16-27(24)30/h11,20-21,23-28H,7-10,12-19H2,1-6H3/t21-,23+,24-,25+,26-,27-,28-,30-,31+/m0/s1. The number of allylic oxidation sites excluding steroid dienone is 1. The van der Waals surface area contributed by atoms with Gasteiger partial charge in [-0.25, -0.2) is 0 Å². The van der Waals surface area contributed by atoms with E-state index in [9.17, 15) is 4.79 Å². The number of halogens is 1. The summed E-state index contributed by atoms with van der Waals surface area (Å²) in [6, 6.07) is 0. The van der Waals surface area contributed by atoms with Gasteiger partial charge in [0.2, 0.25) is 0 Å². The molecule has 4 rings (SSSR count). The summed E-state index contributed by atoms with van der Waals surface area (Å²) in [6.45, 7) is 14.6. The number of carbonyl (C=O) groups is 1. The second kappa shape index (κ2) is 10.6. The molecule has 0 aromatic rings. The number of esters is 1. The van der Waals surface area contributed by atoms with E-state index in [1.165, 1.54) is 57.8 Å². The first-order chi connectivity index (χ1) is 16.1. The summed E-state index contributed by atoms with van der Waals surface area (Å²) in [6.07, 6.45) is 17.9. The average Bonchev–Trinajstić information content (AvgIpc) is 3.15. The van der Waals surface area contributed by atoms with Crippen LogP contribution < -0.4 is 0 Å². The molecule has 0 aromatic carbocycles. The van der Waals surface area contributed by atoms with E-state index >= 15 is 0 Å². The summed E-state index contributed by atoms with van der Waals surface area (Å²) in [5.74, 6) is 5.18. The van der Waals surface area contributed by atoms with Gasteiger partial charge in [-0.3, -0.25) is 4.79 Å². The maximum Gasteiger partial charge on any atom is 0.319 e. The van der Waals surface area contributed by atoms with Crippen molar-refractivity contribution < 1.29 is 9.53 Å². The number of alkyl halides is 1. The van der Waals surface area contributed by atoms with Crippen molar-refractivity contribution in [3.05, 3.63) is 11.6 Å². The molecule has 34 heavy (non-hydrogen) atoms. The Bertz CT molecular complexity index is 759. The van der Waals surface area contributed by atoms with E-state index in [1.54, 1.807) is 5.57 Å². The quantitative estimate of drug-likeness (QED) is 0.176. The molecule has 0 aromatic heterocycles. The lowest BCUT2D eigenvalue weighted by molar-refractivity contribution is -0.150. The average molecular weight is 536 g/mol. The molecule has 3 fully saturated rings. The topological polar surface area (TPSA) is 26.3 Å². The van der Waals surface area contributed by atoms with E-state index in [-0.39, 0.29) is 16.9 Å². The summed E-state index contributed by atoms with van der Waals surface area (Å²) >= 11 is 3.47. The maximum absolute atomic E-state index is 12.4. The van der Waals surface area contributed by atoms with Gasteiger partial charge < -0.3 is 4.74 Å². The molecule has 0 bridgehead atoms. The summed E-state index contributed by atoms with van der Waals surface area (Å²) in [7, 11) is 0. The molecule has 3 heteroatoms. The Hall–Kier alpha value is -0.310. The highest BCUT2D eigenvalue weighted by Gasteiger charge is 2.59. The highest BCUT2D eigenvalue weighted by molar-refractivity contribution is 9.10. The lowest BCUT2D eigenvalue weighted by Crippen LogP contribution is -2.51. The van der Waals surface area contributed by atoms with Gasteiger partial charge in [-0.15, -0.1) is 0 Å². The van der Waals surface area contributed by atoms with Crippen LogP contribution in [-0.2, 0) is 9.53 Å². The zero-order valence-corrected chi connectivity index (χ0v) is 24.5. The third-order valence-electron chi connectivity index (χ3n) is 11.2. The van der Waals surface area contributed by atoms with Crippen LogP contribution in [0.2, 0.25) is 0 Å². The minimum Gasteiger partial charge on any atom is -0.461 e. The zero-order valence-electron chi connectivity index (χ0n) is 22.9. The summed E-state index contributed by atoms with van der Waals surface area (Å²) in [5.41, 5.74) is 2.49. The predicted molar refractivity (Wildman–Crippen MR) is 146 cm³/mol. The molecule has 3 saturated carbocycles. The van der Waals surface area contributed by atoms with Crippen molar-refractivity contribution in [1.29, 1.82) is 0 Å². The van der Waals surface area contributed by atoms with E-state index in [2.05, 4.69) is 56.6 Å². The number of carbonyl (C=O) groups excluding carboxylic acids is 1. The number of ether oxygens (including phenoxy) is 1. The minimum atomic E-state index is -0.162. The van der Waals surface area contributed by atoms with E-state index in [4.69, 9.17) is 4.74 Å². The van der Waals surface area contributed by atoms with E-state index < -0.39 is 0 Å². The molecule has 0 aliphatic heterocycles. The maximum atomic E-state index is 12.4. The first-order valence-electron chi connectivity index (χ1n) is 14.6. The van der Waals surface area contributed by atoms with Crippen molar-refractivity contribution in [3.63, 3.8) is 0 Å². The van der Waals surface area contributed by atoms with Crippen molar-refractivity contribution >= 4 is 21.9 Å². The Morgan fingerprint density at radius 2 is 1.85 bits per heavy atom. The summed E-state index contributed by atoms with van der Waals surface area (Å²) < 4.78 is 5.92. The fourth-order valence-corrected chi connectivity index (χ4v) is 9.27. The Labute approximate surface area is 218 Å². The van der Waals surface area contributed by atoms with Crippen LogP contribution >= 0.6 is 15.9 Å². The van der Waals surface area contributed by atoms with Crippen LogP contribution in [0.15, 0.2) is 11.6 Å². The Morgan fingerprint density at radius 1 is 1.09 bits per heavy atom.